The lowest BCUT2D eigenvalue weighted by molar-refractivity contribution is -0.113. The topological polar surface area (TPSA) is 75.3 Å². The van der Waals surface area contributed by atoms with E-state index in [-0.39, 0.29) is 0 Å². The minimum atomic E-state index is -3.89. The van der Waals surface area contributed by atoms with Crippen LogP contribution in [-0.2, 0) is 14.8 Å². The number of rotatable bonds is 5. The number of carbonyl (C=O) groups is 1. The second kappa shape index (κ2) is 5.57. The molecule has 5 nitrogen and oxygen atoms in total. The van der Waals surface area contributed by atoms with Gasteiger partial charge >= 0.3 is 0 Å². The largest absolute Gasteiger partial charge is 0.325 e. The van der Waals surface area contributed by atoms with E-state index in [1.807, 2.05) is 0 Å². The van der Waals surface area contributed by atoms with E-state index in [0.717, 1.165) is 0 Å². The molecule has 2 N–H and O–H groups in total. The van der Waals surface area contributed by atoms with Crippen molar-refractivity contribution in [2.45, 2.75) is 0 Å². The zero-order valence-electron chi connectivity index (χ0n) is 8.31. The van der Waals surface area contributed by atoms with E-state index < -0.39 is 28.5 Å². The fraction of sp³-hybridized carbons (Fsp3) is 0.222. The summed E-state index contributed by atoms with van der Waals surface area (Å²) in [6.07, 6.45) is 0. The molecule has 0 saturated carbocycles. The average molecular weight is 246 g/mol. The molecule has 7 heteroatoms. The first-order valence-corrected chi connectivity index (χ1v) is 6.07. The number of amides is 1. The quantitative estimate of drug-likeness (QED) is 0.742. The van der Waals surface area contributed by atoms with Crippen molar-refractivity contribution in [3.05, 3.63) is 30.3 Å². The molecule has 0 aliphatic carbocycles. The highest BCUT2D eigenvalue weighted by Crippen LogP contribution is 2.04. The maximum Gasteiger partial charge on any atom is 0.240 e. The summed E-state index contributed by atoms with van der Waals surface area (Å²) >= 11 is 0. The fourth-order valence-electron chi connectivity index (χ4n) is 1.03. The van der Waals surface area contributed by atoms with Gasteiger partial charge in [-0.3, -0.25) is 4.79 Å². The number of hydrogen-bond acceptors (Lipinski definition) is 3. The maximum absolute atomic E-state index is 11.7. The Kier molecular flexibility index (Phi) is 4.39. The van der Waals surface area contributed by atoms with Crippen LogP contribution in [0, 0.1) is 0 Å². The van der Waals surface area contributed by atoms with Gasteiger partial charge in [0.05, 0.1) is 0 Å². The summed E-state index contributed by atoms with van der Waals surface area (Å²) in [5, 5.41) is 2.38. The molecule has 0 heterocycles. The Morgan fingerprint density at radius 3 is 2.44 bits per heavy atom. The minimum absolute atomic E-state index is 0.489. The number of alkyl halides is 1. The summed E-state index contributed by atoms with van der Waals surface area (Å²) in [5.41, 5.74) is 0.489. The maximum atomic E-state index is 11.7. The summed E-state index contributed by atoms with van der Waals surface area (Å²) < 4.78 is 35.4. The number of anilines is 1. The van der Waals surface area contributed by atoms with Crippen LogP contribution in [0.15, 0.2) is 30.3 Å². The van der Waals surface area contributed by atoms with Gasteiger partial charge in [-0.1, -0.05) is 18.2 Å². The smallest absolute Gasteiger partial charge is 0.240 e. The normalized spacial score (nSPS) is 11.1. The molecule has 0 aromatic heterocycles. The Bertz CT molecular complexity index is 447. The molecule has 1 aromatic rings. The first-order chi connectivity index (χ1) is 7.53. The molecule has 0 bridgehead atoms. The molecule has 0 aliphatic rings. The molecule has 1 aromatic carbocycles. The summed E-state index contributed by atoms with van der Waals surface area (Å²) in [6.45, 7) is -1.22. The SMILES string of the molecule is O=C(CS(=O)(=O)NCF)Nc1ccccc1. The molecule has 0 atom stereocenters. The van der Waals surface area contributed by atoms with Gasteiger partial charge in [-0.15, -0.1) is 0 Å². The van der Waals surface area contributed by atoms with Crippen molar-refractivity contribution < 1.29 is 17.6 Å². The molecule has 1 rings (SSSR count). The van der Waals surface area contributed by atoms with Crippen LogP contribution in [0.5, 0.6) is 0 Å². The molecule has 0 unspecified atom stereocenters. The minimum Gasteiger partial charge on any atom is -0.325 e. The van der Waals surface area contributed by atoms with Crippen molar-refractivity contribution >= 4 is 21.6 Å². The van der Waals surface area contributed by atoms with Gasteiger partial charge in [-0.05, 0) is 12.1 Å². The van der Waals surface area contributed by atoms with Crippen molar-refractivity contribution in [1.29, 1.82) is 0 Å². The average Bonchev–Trinajstić information content (AvgIpc) is 2.17. The van der Waals surface area contributed by atoms with Crippen LogP contribution in [0.4, 0.5) is 10.1 Å². The number of para-hydroxylation sites is 1. The van der Waals surface area contributed by atoms with Crippen LogP contribution in [0.25, 0.3) is 0 Å². The van der Waals surface area contributed by atoms with Crippen LogP contribution in [-0.4, -0.2) is 26.9 Å². The highest BCUT2D eigenvalue weighted by Gasteiger charge is 2.15. The first kappa shape index (κ1) is 12.6. The Labute approximate surface area is 92.7 Å². The third-order valence-electron chi connectivity index (χ3n) is 1.65. The Morgan fingerprint density at radius 1 is 1.25 bits per heavy atom. The second-order valence-corrected chi connectivity index (χ2v) is 4.76. The molecule has 0 spiro atoms. The van der Waals surface area contributed by atoms with Gasteiger partial charge in [0.15, 0.2) is 6.80 Å². The van der Waals surface area contributed by atoms with Crippen LogP contribution in [0.1, 0.15) is 0 Å². The number of carbonyl (C=O) groups excluding carboxylic acids is 1. The van der Waals surface area contributed by atoms with Crippen molar-refractivity contribution in [3.63, 3.8) is 0 Å². The number of sulfonamides is 1. The molecule has 16 heavy (non-hydrogen) atoms. The second-order valence-electron chi connectivity index (χ2n) is 2.95. The Balaban J connectivity index is 2.55. The van der Waals surface area contributed by atoms with E-state index >= 15 is 0 Å². The van der Waals surface area contributed by atoms with E-state index in [1.165, 1.54) is 0 Å². The van der Waals surface area contributed by atoms with E-state index in [4.69, 9.17) is 0 Å². The standard InChI is InChI=1S/C9H11FN2O3S/c10-7-11-16(14,15)6-9(13)12-8-4-2-1-3-5-8/h1-5,11H,6-7H2,(H,12,13). The number of nitrogens with one attached hydrogen (secondary N) is 2. The van der Waals surface area contributed by atoms with E-state index in [9.17, 15) is 17.6 Å². The lowest BCUT2D eigenvalue weighted by Crippen LogP contribution is -2.32. The van der Waals surface area contributed by atoms with Crippen molar-refractivity contribution in [2.24, 2.45) is 0 Å². The van der Waals surface area contributed by atoms with Gasteiger partial charge < -0.3 is 5.32 Å². The Morgan fingerprint density at radius 2 is 1.88 bits per heavy atom. The first-order valence-electron chi connectivity index (χ1n) is 4.42. The van der Waals surface area contributed by atoms with Crippen LogP contribution >= 0.6 is 0 Å². The van der Waals surface area contributed by atoms with Crippen LogP contribution in [0.2, 0.25) is 0 Å². The van der Waals surface area contributed by atoms with Crippen molar-refractivity contribution in [1.82, 2.24) is 4.72 Å². The van der Waals surface area contributed by atoms with Gasteiger partial charge in [0.25, 0.3) is 0 Å². The summed E-state index contributed by atoms with van der Waals surface area (Å²) in [5.74, 6) is -1.52. The number of halogens is 1. The third kappa shape index (κ3) is 4.37. The van der Waals surface area contributed by atoms with E-state index in [0.29, 0.717) is 5.69 Å². The molecular formula is C9H11FN2O3S. The van der Waals surface area contributed by atoms with Gasteiger partial charge in [-0.2, -0.15) is 4.72 Å². The Hall–Kier alpha value is -1.47. The molecule has 0 fully saturated rings. The third-order valence-corrected chi connectivity index (χ3v) is 2.84. The van der Waals surface area contributed by atoms with Crippen LogP contribution in [0.3, 0.4) is 0 Å². The molecule has 0 aliphatic heterocycles. The molecule has 88 valence electrons. The van der Waals surface area contributed by atoms with E-state index in [1.54, 1.807) is 35.1 Å². The molecular weight excluding hydrogens is 235 g/mol. The highest BCUT2D eigenvalue weighted by molar-refractivity contribution is 7.90. The fourth-order valence-corrected chi connectivity index (χ4v) is 1.71. The van der Waals surface area contributed by atoms with Crippen molar-refractivity contribution in [2.75, 3.05) is 17.9 Å². The monoisotopic (exact) mass is 246 g/mol. The van der Waals surface area contributed by atoms with Gasteiger partial charge in [0.1, 0.15) is 5.75 Å². The summed E-state index contributed by atoms with van der Waals surface area (Å²) in [7, 11) is -3.89. The van der Waals surface area contributed by atoms with Gasteiger partial charge in [0.2, 0.25) is 15.9 Å². The highest BCUT2D eigenvalue weighted by atomic mass is 32.2. The van der Waals surface area contributed by atoms with Gasteiger partial charge in [-0.25, -0.2) is 12.8 Å². The molecule has 0 radical (unpaired) electrons. The molecule has 1 amide bonds. The lowest BCUT2D eigenvalue weighted by atomic mass is 10.3. The summed E-state index contributed by atoms with van der Waals surface area (Å²) in [4.78, 5) is 11.3. The lowest BCUT2D eigenvalue weighted by Gasteiger charge is -2.05. The van der Waals surface area contributed by atoms with Gasteiger partial charge in [0, 0.05) is 5.69 Å². The van der Waals surface area contributed by atoms with Crippen molar-refractivity contribution in [3.8, 4) is 0 Å². The predicted molar refractivity (Wildman–Crippen MR) is 58.0 cm³/mol. The van der Waals surface area contributed by atoms with Crippen LogP contribution < -0.4 is 10.0 Å². The number of benzene rings is 1. The summed E-state index contributed by atoms with van der Waals surface area (Å²) in [6, 6.07) is 8.39. The van der Waals surface area contributed by atoms with E-state index in [2.05, 4.69) is 5.32 Å². The molecule has 0 saturated heterocycles. The number of hydrogen-bond donors (Lipinski definition) is 2. The zero-order chi connectivity index (χ0) is 12.0. The zero-order valence-corrected chi connectivity index (χ0v) is 9.13. The predicted octanol–water partition coefficient (Wildman–Crippen LogP) is 0.471.